The van der Waals surface area contributed by atoms with Crippen molar-refractivity contribution in [3.05, 3.63) is 72.0 Å². The molecule has 7 nitrogen and oxygen atoms in total. The van der Waals surface area contributed by atoms with Crippen LogP contribution in [0.25, 0.3) is 10.9 Å². The van der Waals surface area contributed by atoms with Gasteiger partial charge in [-0.2, -0.15) is 0 Å². The topological polar surface area (TPSA) is 72.4 Å². The highest BCUT2D eigenvalue weighted by molar-refractivity contribution is 6.30. The standard InChI is InChI=1S/C24H23ClFN5O2/c1-31(17-6-8-27-9-7-17)10-3-11-33-23-14-21-18(13-22(23)32-2)24(29-15-28-21)30-20-5-4-16(25)12-19(20)26/h4-9,12-15H,3,10-11H2,1-2H3,(H,28,29,30). The molecule has 170 valence electrons. The maximum Gasteiger partial charge on any atom is 0.163 e. The fourth-order valence-electron chi connectivity index (χ4n) is 3.37. The molecule has 0 radical (unpaired) electrons. The number of hydrogen-bond acceptors (Lipinski definition) is 7. The van der Waals surface area contributed by atoms with Crippen molar-refractivity contribution in [2.45, 2.75) is 6.42 Å². The number of aromatic nitrogens is 3. The van der Waals surface area contributed by atoms with Crippen LogP contribution < -0.4 is 19.7 Å². The number of ether oxygens (including phenoxy) is 2. The smallest absolute Gasteiger partial charge is 0.163 e. The quantitative estimate of drug-likeness (QED) is 0.327. The van der Waals surface area contributed by atoms with Crippen LogP contribution in [0.5, 0.6) is 11.5 Å². The normalized spacial score (nSPS) is 10.8. The van der Waals surface area contributed by atoms with Gasteiger partial charge in [-0.25, -0.2) is 14.4 Å². The number of methoxy groups -OCH3 is 1. The van der Waals surface area contributed by atoms with E-state index in [0.717, 1.165) is 18.7 Å². The molecule has 4 aromatic rings. The molecule has 0 aliphatic heterocycles. The van der Waals surface area contributed by atoms with Gasteiger partial charge in [-0.3, -0.25) is 4.98 Å². The Hall–Kier alpha value is -3.65. The van der Waals surface area contributed by atoms with Crippen molar-refractivity contribution in [1.82, 2.24) is 15.0 Å². The number of benzene rings is 2. The number of rotatable bonds is 9. The van der Waals surface area contributed by atoms with Crippen molar-refractivity contribution in [3.63, 3.8) is 0 Å². The monoisotopic (exact) mass is 467 g/mol. The summed E-state index contributed by atoms with van der Waals surface area (Å²) in [6, 6.07) is 11.9. The van der Waals surface area contributed by atoms with Gasteiger partial charge in [0.15, 0.2) is 11.5 Å². The third-order valence-electron chi connectivity index (χ3n) is 5.10. The fourth-order valence-corrected chi connectivity index (χ4v) is 3.52. The van der Waals surface area contributed by atoms with Gasteiger partial charge in [0.05, 0.1) is 24.9 Å². The second-order valence-corrected chi connectivity index (χ2v) is 7.76. The van der Waals surface area contributed by atoms with Crippen molar-refractivity contribution < 1.29 is 13.9 Å². The van der Waals surface area contributed by atoms with Crippen LogP contribution in [0.4, 0.5) is 21.6 Å². The fraction of sp³-hybridized carbons (Fsp3) is 0.208. The lowest BCUT2D eigenvalue weighted by atomic mass is 10.2. The summed E-state index contributed by atoms with van der Waals surface area (Å²) in [6.07, 6.45) is 5.77. The molecule has 2 aromatic carbocycles. The van der Waals surface area contributed by atoms with Crippen LogP contribution in [0, 0.1) is 5.82 Å². The van der Waals surface area contributed by atoms with Gasteiger partial charge in [-0.15, -0.1) is 0 Å². The van der Waals surface area contributed by atoms with E-state index in [1.165, 1.54) is 12.4 Å². The predicted molar refractivity (Wildman–Crippen MR) is 128 cm³/mol. The van der Waals surface area contributed by atoms with Gasteiger partial charge in [-0.05, 0) is 42.8 Å². The largest absolute Gasteiger partial charge is 0.493 e. The number of hydrogen-bond donors (Lipinski definition) is 1. The summed E-state index contributed by atoms with van der Waals surface area (Å²) >= 11 is 5.84. The van der Waals surface area contributed by atoms with E-state index in [0.29, 0.717) is 39.8 Å². The Balaban J connectivity index is 1.48. The molecule has 0 aliphatic rings. The van der Waals surface area contributed by atoms with Gasteiger partial charge in [0.1, 0.15) is 18.0 Å². The number of fused-ring (bicyclic) bond motifs is 1. The lowest BCUT2D eigenvalue weighted by molar-refractivity contribution is 0.291. The van der Waals surface area contributed by atoms with Crippen molar-refractivity contribution >= 4 is 39.7 Å². The first-order valence-corrected chi connectivity index (χ1v) is 10.7. The highest BCUT2D eigenvalue weighted by atomic mass is 35.5. The number of nitrogens with one attached hydrogen (secondary N) is 1. The van der Waals surface area contributed by atoms with E-state index < -0.39 is 5.82 Å². The number of halogens is 2. The van der Waals surface area contributed by atoms with Crippen LogP contribution in [-0.4, -0.2) is 42.3 Å². The van der Waals surface area contributed by atoms with Crippen LogP contribution in [-0.2, 0) is 0 Å². The Morgan fingerprint density at radius 2 is 1.88 bits per heavy atom. The summed E-state index contributed by atoms with van der Waals surface area (Å²) < 4.78 is 25.8. The van der Waals surface area contributed by atoms with Crippen molar-refractivity contribution in [3.8, 4) is 11.5 Å². The molecular formula is C24H23ClFN5O2. The molecule has 0 aliphatic carbocycles. The summed E-state index contributed by atoms with van der Waals surface area (Å²) in [4.78, 5) is 14.8. The zero-order valence-electron chi connectivity index (χ0n) is 18.3. The Morgan fingerprint density at radius 3 is 2.64 bits per heavy atom. The average molecular weight is 468 g/mol. The molecule has 0 saturated heterocycles. The van der Waals surface area contributed by atoms with Crippen LogP contribution in [0.1, 0.15) is 6.42 Å². The Bertz CT molecular complexity index is 1240. The summed E-state index contributed by atoms with van der Waals surface area (Å²) in [5.41, 5.74) is 2.01. The minimum Gasteiger partial charge on any atom is -0.493 e. The molecular weight excluding hydrogens is 445 g/mol. The molecule has 0 saturated carbocycles. The molecule has 33 heavy (non-hydrogen) atoms. The highest BCUT2D eigenvalue weighted by Gasteiger charge is 2.13. The maximum atomic E-state index is 14.2. The molecule has 4 rings (SSSR count). The lowest BCUT2D eigenvalue weighted by Crippen LogP contribution is -2.20. The Labute approximate surface area is 196 Å². The van der Waals surface area contributed by atoms with Gasteiger partial charge < -0.3 is 19.7 Å². The van der Waals surface area contributed by atoms with Gasteiger partial charge in [0.2, 0.25) is 0 Å². The van der Waals surface area contributed by atoms with Crippen LogP contribution in [0.15, 0.2) is 61.2 Å². The SMILES string of the molecule is COc1cc2c(Nc3ccc(Cl)cc3F)ncnc2cc1OCCCN(C)c1ccncc1. The number of anilines is 3. The van der Waals surface area contributed by atoms with Crippen LogP contribution >= 0.6 is 11.6 Å². The van der Waals surface area contributed by atoms with Crippen LogP contribution in [0.2, 0.25) is 5.02 Å². The molecule has 9 heteroatoms. The minimum atomic E-state index is -0.474. The third kappa shape index (κ3) is 5.40. The van der Waals surface area contributed by atoms with Gasteiger partial charge in [-0.1, -0.05) is 11.6 Å². The van der Waals surface area contributed by atoms with Crippen LogP contribution in [0.3, 0.4) is 0 Å². The van der Waals surface area contributed by atoms with Gasteiger partial charge in [0.25, 0.3) is 0 Å². The second kappa shape index (κ2) is 10.3. The first-order chi connectivity index (χ1) is 16.0. The zero-order valence-corrected chi connectivity index (χ0v) is 19.0. The number of nitrogens with zero attached hydrogens (tertiary/aromatic N) is 4. The first kappa shape index (κ1) is 22.5. The minimum absolute atomic E-state index is 0.261. The summed E-state index contributed by atoms with van der Waals surface area (Å²) in [5.74, 6) is 1.10. The molecule has 1 N–H and O–H groups in total. The summed E-state index contributed by atoms with van der Waals surface area (Å²) in [7, 11) is 3.60. The van der Waals surface area contributed by atoms with Gasteiger partial charge in [0, 0.05) is 48.1 Å². The Kier molecular flexibility index (Phi) is 7.04. The van der Waals surface area contributed by atoms with E-state index >= 15 is 0 Å². The predicted octanol–water partition coefficient (Wildman–Crippen LogP) is 5.47. The van der Waals surface area contributed by atoms with E-state index in [1.54, 1.807) is 43.8 Å². The zero-order chi connectivity index (χ0) is 23.2. The van der Waals surface area contributed by atoms with E-state index in [1.807, 2.05) is 19.2 Å². The third-order valence-corrected chi connectivity index (χ3v) is 5.34. The van der Waals surface area contributed by atoms with E-state index in [9.17, 15) is 4.39 Å². The van der Waals surface area contributed by atoms with Crippen molar-refractivity contribution in [2.75, 3.05) is 37.5 Å². The first-order valence-electron chi connectivity index (χ1n) is 10.3. The molecule has 0 fully saturated rings. The van der Waals surface area contributed by atoms with E-state index in [-0.39, 0.29) is 5.69 Å². The second-order valence-electron chi connectivity index (χ2n) is 7.32. The molecule has 2 heterocycles. The summed E-state index contributed by atoms with van der Waals surface area (Å²) in [6.45, 7) is 1.33. The van der Waals surface area contributed by atoms with E-state index in [4.69, 9.17) is 21.1 Å². The molecule has 0 amide bonds. The molecule has 0 unspecified atom stereocenters. The van der Waals surface area contributed by atoms with Gasteiger partial charge >= 0.3 is 0 Å². The molecule has 2 aromatic heterocycles. The molecule has 0 atom stereocenters. The lowest BCUT2D eigenvalue weighted by Gasteiger charge is -2.19. The molecule has 0 bridgehead atoms. The Morgan fingerprint density at radius 1 is 1.06 bits per heavy atom. The summed E-state index contributed by atoms with van der Waals surface area (Å²) in [5, 5.41) is 4.00. The average Bonchev–Trinajstić information content (AvgIpc) is 2.83. The number of pyridine rings is 1. The molecule has 0 spiro atoms. The highest BCUT2D eigenvalue weighted by Crippen LogP contribution is 2.35. The van der Waals surface area contributed by atoms with Crippen molar-refractivity contribution in [2.24, 2.45) is 0 Å². The van der Waals surface area contributed by atoms with E-state index in [2.05, 4.69) is 25.2 Å². The van der Waals surface area contributed by atoms with Crippen molar-refractivity contribution in [1.29, 1.82) is 0 Å². The maximum absolute atomic E-state index is 14.2.